The number of alkyl halides is 3. The maximum absolute atomic E-state index is 14.1. The van der Waals surface area contributed by atoms with Crippen molar-refractivity contribution in [1.82, 2.24) is 0 Å². The Hall–Kier alpha value is -1.03. The van der Waals surface area contributed by atoms with Gasteiger partial charge in [-0.3, -0.25) is 0 Å². The second kappa shape index (κ2) is 9.85. The first-order valence-corrected chi connectivity index (χ1v) is 11.3. The maximum Gasteiger partial charge on any atom is 0.353 e. The van der Waals surface area contributed by atoms with E-state index in [1.807, 2.05) is 0 Å². The number of hydrogen-bond donors (Lipinski definition) is 0. The van der Waals surface area contributed by atoms with Crippen molar-refractivity contribution in [1.29, 1.82) is 0 Å². The van der Waals surface area contributed by atoms with Crippen molar-refractivity contribution in [3.63, 3.8) is 0 Å². The Labute approximate surface area is 176 Å². The first-order valence-electron chi connectivity index (χ1n) is 11.0. The largest absolute Gasteiger partial charge is 0.353 e. The van der Waals surface area contributed by atoms with Crippen molar-refractivity contribution in [2.24, 2.45) is 17.8 Å². The second-order valence-electron chi connectivity index (χ2n) is 8.90. The Morgan fingerprint density at radius 1 is 0.931 bits per heavy atom. The molecule has 0 atom stereocenters. The normalized spacial score (nSPS) is 28.8. The Morgan fingerprint density at radius 3 is 1.93 bits per heavy atom. The number of benzene rings is 1. The minimum Gasteiger partial charge on any atom is -0.206 e. The highest BCUT2D eigenvalue weighted by atomic mass is 35.5. The third-order valence-corrected chi connectivity index (χ3v) is 7.32. The molecule has 0 spiro atoms. The highest BCUT2D eigenvalue weighted by Gasteiger charge is 2.37. The van der Waals surface area contributed by atoms with Crippen LogP contribution in [0.4, 0.5) is 17.6 Å². The van der Waals surface area contributed by atoms with Crippen molar-refractivity contribution < 1.29 is 17.6 Å². The van der Waals surface area contributed by atoms with Crippen molar-refractivity contribution in [3.05, 3.63) is 47.0 Å². The van der Waals surface area contributed by atoms with E-state index in [2.05, 4.69) is 19.1 Å². The van der Waals surface area contributed by atoms with Crippen LogP contribution in [0.5, 0.6) is 0 Å². The van der Waals surface area contributed by atoms with Gasteiger partial charge in [0.15, 0.2) is 0 Å². The van der Waals surface area contributed by atoms with E-state index in [1.165, 1.54) is 38.5 Å². The van der Waals surface area contributed by atoms with Gasteiger partial charge in [0.25, 0.3) is 0 Å². The van der Waals surface area contributed by atoms with Crippen LogP contribution in [0.3, 0.4) is 0 Å². The van der Waals surface area contributed by atoms with Crippen molar-refractivity contribution >= 4 is 11.6 Å². The summed E-state index contributed by atoms with van der Waals surface area (Å²) in [6, 6.07) is 2.10. The summed E-state index contributed by atoms with van der Waals surface area (Å²) in [5.74, 6) is -0.172. The predicted molar refractivity (Wildman–Crippen MR) is 110 cm³/mol. The van der Waals surface area contributed by atoms with Crippen LogP contribution in [-0.4, -0.2) is 0 Å². The molecule has 162 valence electrons. The third-order valence-electron chi connectivity index (χ3n) is 7.13. The molecule has 0 aromatic heterocycles. The number of hydrogen-bond acceptors (Lipinski definition) is 0. The lowest BCUT2D eigenvalue weighted by Crippen LogP contribution is -2.25. The summed E-state index contributed by atoms with van der Waals surface area (Å²) in [6.07, 6.45) is 15.9. The monoisotopic (exact) mass is 430 g/mol. The van der Waals surface area contributed by atoms with E-state index in [0.717, 1.165) is 49.7 Å². The molecule has 2 aliphatic carbocycles. The van der Waals surface area contributed by atoms with Gasteiger partial charge in [0, 0.05) is 0 Å². The van der Waals surface area contributed by atoms with Gasteiger partial charge in [-0.25, -0.2) is 8.78 Å². The first kappa shape index (κ1) is 22.7. The minimum atomic E-state index is -4.03. The van der Waals surface area contributed by atoms with Crippen LogP contribution >= 0.6 is 11.6 Å². The van der Waals surface area contributed by atoms with Gasteiger partial charge < -0.3 is 0 Å². The molecule has 0 aliphatic heterocycles. The highest BCUT2D eigenvalue weighted by Crippen LogP contribution is 2.45. The quantitative estimate of drug-likeness (QED) is 0.240. The van der Waals surface area contributed by atoms with E-state index in [1.54, 1.807) is 0 Å². The Balaban J connectivity index is 1.52. The van der Waals surface area contributed by atoms with Gasteiger partial charge in [-0.1, -0.05) is 25.0 Å². The molecule has 1 aromatic rings. The minimum absolute atomic E-state index is 0.0328. The van der Waals surface area contributed by atoms with Crippen LogP contribution in [0.1, 0.15) is 88.2 Å². The molecule has 3 rings (SSSR count). The highest BCUT2D eigenvalue weighted by molar-refractivity contribution is 6.21. The summed E-state index contributed by atoms with van der Waals surface area (Å²) in [7, 11) is 0. The number of allylic oxidation sites excluding steroid dienone is 2. The van der Waals surface area contributed by atoms with Crippen molar-refractivity contribution in [3.8, 4) is 0 Å². The molecule has 0 saturated heterocycles. The van der Waals surface area contributed by atoms with E-state index in [-0.39, 0.29) is 5.92 Å². The number of halogens is 5. The van der Waals surface area contributed by atoms with Crippen molar-refractivity contribution in [2.45, 2.75) is 82.4 Å². The van der Waals surface area contributed by atoms with Crippen LogP contribution in [0, 0.1) is 29.4 Å². The first-order chi connectivity index (χ1) is 13.8. The van der Waals surface area contributed by atoms with Crippen LogP contribution < -0.4 is 0 Å². The third kappa shape index (κ3) is 5.77. The van der Waals surface area contributed by atoms with E-state index >= 15 is 0 Å². The molecule has 0 nitrogen and oxygen atoms in total. The van der Waals surface area contributed by atoms with Gasteiger partial charge in [0.2, 0.25) is 0 Å². The summed E-state index contributed by atoms with van der Waals surface area (Å²) in [6.45, 7) is 2.07. The Bertz CT molecular complexity index is 670. The Morgan fingerprint density at radius 2 is 1.45 bits per heavy atom. The van der Waals surface area contributed by atoms with Gasteiger partial charge in [-0.2, -0.15) is 8.78 Å². The zero-order valence-corrected chi connectivity index (χ0v) is 17.8. The van der Waals surface area contributed by atoms with Crippen LogP contribution in [0.25, 0.3) is 0 Å². The molecule has 0 N–H and O–H groups in total. The lowest BCUT2D eigenvalue weighted by molar-refractivity contribution is 0.0857. The predicted octanol–water partition coefficient (Wildman–Crippen LogP) is 8.69. The fourth-order valence-electron chi connectivity index (χ4n) is 5.47. The lowest BCUT2D eigenvalue weighted by atomic mass is 9.68. The topological polar surface area (TPSA) is 0 Å². The molecule has 0 bridgehead atoms. The fourth-order valence-corrected chi connectivity index (χ4v) is 5.65. The lowest BCUT2D eigenvalue weighted by Gasteiger charge is -2.38. The summed E-state index contributed by atoms with van der Waals surface area (Å²) in [5, 5.41) is -4.03. The molecule has 0 unspecified atom stereocenters. The van der Waals surface area contributed by atoms with E-state index < -0.39 is 22.6 Å². The molecule has 0 radical (unpaired) electrons. The van der Waals surface area contributed by atoms with Gasteiger partial charge in [-0.15, -0.1) is 0 Å². The van der Waals surface area contributed by atoms with E-state index in [9.17, 15) is 17.6 Å². The SMILES string of the molecule is C/C=C/CCC1CCC(C2CCC(c3cc(F)c(C(F)(F)Cl)c(F)c3)CC2)CC1. The van der Waals surface area contributed by atoms with E-state index in [0.29, 0.717) is 11.5 Å². The van der Waals surface area contributed by atoms with Crippen LogP contribution in [0.15, 0.2) is 24.3 Å². The molecule has 5 heteroatoms. The molecule has 2 saturated carbocycles. The molecule has 2 fully saturated rings. The number of rotatable bonds is 6. The molecular weight excluding hydrogens is 400 g/mol. The average Bonchev–Trinajstić information content (AvgIpc) is 2.67. The molecule has 0 heterocycles. The summed E-state index contributed by atoms with van der Waals surface area (Å²) >= 11 is 4.84. The van der Waals surface area contributed by atoms with Gasteiger partial charge >= 0.3 is 5.38 Å². The van der Waals surface area contributed by atoms with E-state index in [4.69, 9.17) is 11.6 Å². The smallest absolute Gasteiger partial charge is 0.206 e. The standard InChI is InChI=1S/C24H31ClF4/c1-2-3-4-5-16-6-8-17(9-7-16)18-10-12-19(13-11-18)20-14-21(26)23(22(27)15-20)24(25,28)29/h2-3,14-19H,4-13H2,1H3/b3-2+. The van der Waals surface area contributed by atoms with Gasteiger partial charge in [-0.05, 0) is 111 Å². The molecule has 1 aromatic carbocycles. The summed E-state index contributed by atoms with van der Waals surface area (Å²) in [5.41, 5.74) is -0.862. The molecule has 29 heavy (non-hydrogen) atoms. The zero-order chi connectivity index (χ0) is 21.0. The Kier molecular flexibility index (Phi) is 7.69. The summed E-state index contributed by atoms with van der Waals surface area (Å²) in [4.78, 5) is 0. The maximum atomic E-state index is 14.1. The average molecular weight is 431 g/mol. The van der Waals surface area contributed by atoms with Crippen molar-refractivity contribution in [2.75, 3.05) is 0 Å². The fraction of sp³-hybridized carbons (Fsp3) is 0.667. The zero-order valence-electron chi connectivity index (χ0n) is 17.1. The summed E-state index contributed by atoms with van der Waals surface area (Å²) < 4.78 is 54.5. The molecular formula is C24H31ClF4. The molecule has 2 aliphatic rings. The second-order valence-corrected chi connectivity index (χ2v) is 9.37. The van der Waals surface area contributed by atoms with Gasteiger partial charge in [0.1, 0.15) is 17.2 Å². The van der Waals surface area contributed by atoms with Gasteiger partial charge in [0.05, 0.1) is 0 Å². The van der Waals surface area contributed by atoms with Crippen LogP contribution in [0.2, 0.25) is 0 Å². The van der Waals surface area contributed by atoms with Crippen LogP contribution in [-0.2, 0) is 5.38 Å². The molecule has 0 amide bonds.